The van der Waals surface area contributed by atoms with Crippen LogP contribution in [0.2, 0.25) is 0 Å². The van der Waals surface area contributed by atoms with Gasteiger partial charge in [0, 0.05) is 25.7 Å². The van der Waals surface area contributed by atoms with Crippen molar-refractivity contribution in [3.8, 4) is 0 Å². The van der Waals surface area contributed by atoms with Crippen molar-refractivity contribution < 1.29 is 12.8 Å². The molecule has 134 valence electrons. The van der Waals surface area contributed by atoms with Crippen LogP contribution in [0.5, 0.6) is 0 Å². The SMILES string of the molecule is Cc1nn(C)c2ncc(S(=O)(=O)N(C)Cc3nc4ccccc4o3)cc12. The van der Waals surface area contributed by atoms with Crippen molar-refractivity contribution >= 4 is 32.2 Å². The summed E-state index contributed by atoms with van der Waals surface area (Å²) in [7, 11) is -0.476. The monoisotopic (exact) mass is 371 g/mol. The summed E-state index contributed by atoms with van der Waals surface area (Å²) in [4.78, 5) is 8.68. The Labute approximate surface area is 150 Å². The van der Waals surface area contributed by atoms with E-state index < -0.39 is 10.0 Å². The summed E-state index contributed by atoms with van der Waals surface area (Å²) in [5, 5.41) is 4.98. The van der Waals surface area contributed by atoms with Gasteiger partial charge in [0.1, 0.15) is 10.4 Å². The van der Waals surface area contributed by atoms with Crippen molar-refractivity contribution in [2.24, 2.45) is 7.05 Å². The lowest BCUT2D eigenvalue weighted by molar-refractivity contribution is 0.407. The first kappa shape index (κ1) is 16.7. The highest BCUT2D eigenvalue weighted by molar-refractivity contribution is 7.89. The Balaban J connectivity index is 1.67. The van der Waals surface area contributed by atoms with Crippen LogP contribution in [-0.2, 0) is 23.6 Å². The van der Waals surface area contributed by atoms with Crippen LogP contribution in [0, 0.1) is 6.92 Å². The van der Waals surface area contributed by atoms with E-state index in [2.05, 4.69) is 15.1 Å². The third kappa shape index (κ3) is 2.65. The van der Waals surface area contributed by atoms with Crippen LogP contribution in [0.1, 0.15) is 11.6 Å². The molecule has 9 heteroatoms. The van der Waals surface area contributed by atoms with Gasteiger partial charge in [0.15, 0.2) is 11.2 Å². The Hall–Kier alpha value is -2.78. The van der Waals surface area contributed by atoms with Crippen LogP contribution >= 0.6 is 0 Å². The summed E-state index contributed by atoms with van der Waals surface area (Å²) in [5.74, 6) is 0.337. The average molecular weight is 371 g/mol. The lowest BCUT2D eigenvalue weighted by atomic mass is 10.3. The highest BCUT2D eigenvalue weighted by Crippen LogP contribution is 2.23. The first-order valence-corrected chi connectivity index (χ1v) is 9.40. The third-order valence-corrected chi connectivity index (χ3v) is 6.01. The van der Waals surface area contributed by atoms with Gasteiger partial charge >= 0.3 is 0 Å². The van der Waals surface area contributed by atoms with E-state index in [1.807, 2.05) is 25.1 Å². The van der Waals surface area contributed by atoms with Gasteiger partial charge in [0.05, 0.1) is 12.2 Å². The number of sulfonamides is 1. The molecule has 1 aromatic carbocycles. The van der Waals surface area contributed by atoms with Gasteiger partial charge < -0.3 is 4.42 Å². The summed E-state index contributed by atoms with van der Waals surface area (Å²) in [6, 6.07) is 8.91. The highest BCUT2D eigenvalue weighted by atomic mass is 32.2. The molecule has 4 aromatic rings. The second kappa shape index (κ2) is 5.89. The van der Waals surface area contributed by atoms with E-state index >= 15 is 0 Å². The molecule has 0 aliphatic rings. The Kier molecular flexibility index (Phi) is 3.78. The minimum absolute atomic E-state index is 0.0288. The number of benzene rings is 1. The molecule has 0 unspecified atom stereocenters. The normalized spacial score (nSPS) is 12.5. The van der Waals surface area contributed by atoms with E-state index in [4.69, 9.17) is 4.42 Å². The van der Waals surface area contributed by atoms with Crippen LogP contribution < -0.4 is 0 Å². The highest BCUT2D eigenvalue weighted by Gasteiger charge is 2.24. The summed E-state index contributed by atoms with van der Waals surface area (Å²) in [6.07, 6.45) is 1.35. The molecule has 0 fully saturated rings. The second-order valence-corrected chi connectivity index (χ2v) is 8.13. The number of aromatic nitrogens is 4. The minimum Gasteiger partial charge on any atom is -0.439 e. The number of aryl methyl sites for hydroxylation is 2. The smallest absolute Gasteiger partial charge is 0.244 e. The molecule has 26 heavy (non-hydrogen) atoms. The van der Waals surface area contributed by atoms with Crippen molar-refractivity contribution in [3.05, 3.63) is 48.1 Å². The van der Waals surface area contributed by atoms with Crippen molar-refractivity contribution in [1.29, 1.82) is 0 Å². The molecule has 0 amide bonds. The largest absolute Gasteiger partial charge is 0.439 e. The lowest BCUT2D eigenvalue weighted by Crippen LogP contribution is -2.26. The first-order valence-electron chi connectivity index (χ1n) is 7.96. The van der Waals surface area contributed by atoms with E-state index in [1.54, 1.807) is 23.9 Å². The van der Waals surface area contributed by atoms with Gasteiger partial charge in [-0.3, -0.25) is 4.68 Å². The van der Waals surface area contributed by atoms with Crippen LogP contribution in [0.25, 0.3) is 22.1 Å². The van der Waals surface area contributed by atoms with Crippen molar-refractivity contribution in [3.63, 3.8) is 0 Å². The molecular formula is C17H17N5O3S. The van der Waals surface area contributed by atoms with E-state index in [9.17, 15) is 8.42 Å². The number of para-hydroxylation sites is 2. The molecule has 0 saturated carbocycles. The Morgan fingerprint density at radius 2 is 2.04 bits per heavy atom. The van der Waals surface area contributed by atoms with Crippen molar-refractivity contribution in [1.82, 2.24) is 24.1 Å². The van der Waals surface area contributed by atoms with E-state index in [-0.39, 0.29) is 11.4 Å². The second-order valence-electron chi connectivity index (χ2n) is 6.09. The topological polar surface area (TPSA) is 94.1 Å². The summed E-state index contributed by atoms with van der Waals surface area (Å²) in [5.41, 5.74) is 2.70. The van der Waals surface area contributed by atoms with Crippen LogP contribution in [0.4, 0.5) is 0 Å². The van der Waals surface area contributed by atoms with Gasteiger partial charge in [-0.05, 0) is 25.1 Å². The lowest BCUT2D eigenvalue weighted by Gasteiger charge is -2.15. The molecule has 0 bridgehead atoms. The van der Waals surface area contributed by atoms with Gasteiger partial charge in [0.2, 0.25) is 15.9 Å². The van der Waals surface area contributed by atoms with Gasteiger partial charge in [-0.1, -0.05) is 12.1 Å². The number of oxazole rings is 1. The summed E-state index contributed by atoms with van der Waals surface area (Å²) >= 11 is 0. The molecule has 8 nitrogen and oxygen atoms in total. The van der Waals surface area contributed by atoms with E-state index in [1.165, 1.54) is 17.5 Å². The van der Waals surface area contributed by atoms with Crippen LogP contribution in [-0.4, -0.2) is 39.5 Å². The van der Waals surface area contributed by atoms with Crippen LogP contribution in [0.15, 0.2) is 45.8 Å². The summed E-state index contributed by atoms with van der Waals surface area (Å²) < 4.78 is 34.3. The number of nitrogens with zero attached hydrogens (tertiary/aromatic N) is 5. The molecule has 3 heterocycles. The number of hydrogen-bond donors (Lipinski definition) is 0. The maximum Gasteiger partial charge on any atom is 0.244 e. The number of fused-ring (bicyclic) bond motifs is 2. The van der Waals surface area contributed by atoms with Crippen molar-refractivity contribution in [2.45, 2.75) is 18.4 Å². The van der Waals surface area contributed by atoms with Gasteiger partial charge in [-0.15, -0.1) is 0 Å². The Morgan fingerprint density at radius 3 is 2.81 bits per heavy atom. The minimum atomic E-state index is -3.74. The average Bonchev–Trinajstić information content (AvgIpc) is 3.15. The standard InChI is InChI=1S/C17H17N5O3S/c1-11-13-8-12(9-18-17(13)22(3)20-11)26(23,24)21(2)10-16-19-14-6-4-5-7-15(14)25-16/h4-9H,10H2,1-3H3. The fourth-order valence-corrected chi connectivity index (χ4v) is 3.97. The third-order valence-electron chi connectivity index (χ3n) is 4.24. The maximum absolute atomic E-state index is 12.9. The zero-order valence-corrected chi connectivity index (χ0v) is 15.4. The zero-order chi connectivity index (χ0) is 18.5. The van der Waals surface area contributed by atoms with E-state index in [0.717, 1.165) is 5.69 Å². The molecule has 0 radical (unpaired) electrons. The number of rotatable bonds is 4. The van der Waals surface area contributed by atoms with Gasteiger partial charge in [-0.2, -0.15) is 9.40 Å². The predicted molar refractivity (Wildman–Crippen MR) is 95.9 cm³/mol. The quantitative estimate of drug-likeness (QED) is 0.546. The van der Waals surface area contributed by atoms with Gasteiger partial charge in [0.25, 0.3) is 0 Å². The number of hydrogen-bond acceptors (Lipinski definition) is 6. The Morgan fingerprint density at radius 1 is 1.27 bits per heavy atom. The molecule has 0 saturated heterocycles. The predicted octanol–water partition coefficient (Wildman–Crippen LogP) is 2.24. The molecule has 3 aromatic heterocycles. The molecule has 0 N–H and O–H groups in total. The molecule has 0 atom stereocenters. The molecular weight excluding hydrogens is 354 g/mol. The zero-order valence-electron chi connectivity index (χ0n) is 14.5. The first-order chi connectivity index (χ1) is 12.4. The fraction of sp³-hybridized carbons (Fsp3) is 0.235. The molecule has 0 aliphatic heterocycles. The van der Waals surface area contributed by atoms with E-state index in [0.29, 0.717) is 28.0 Å². The molecule has 0 aliphatic carbocycles. The van der Waals surface area contributed by atoms with Crippen molar-refractivity contribution in [2.75, 3.05) is 7.05 Å². The molecule has 4 rings (SSSR count). The summed E-state index contributed by atoms with van der Waals surface area (Å²) in [6.45, 7) is 1.85. The number of pyridine rings is 1. The maximum atomic E-state index is 12.9. The van der Waals surface area contributed by atoms with Gasteiger partial charge in [-0.25, -0.2) is 18.4 Å². The molecule has 0 spiro atoms. The van der Waals surface area contributed by atoms with Crippen LogP contribution in [0.3, 0.4) is 0 Å². The Bertz CT molecular complexity index is 1190. The fourth-order valence-electron chi connectivity index (χ4n) is 2.87.